The molecule has 1 N–H and O–H groups in total. The Hall–Kier alpha value is -2.92. The van der Waals surface area contributed by atoms with Crippen LogP contribution in [0.15, 0.2) is 83.8 Å². The van der Waals surface area contributed by atoms with Crippen molar-refractivity contribution in [2.75, 3.05) is 17.4 Å². The van der Waals surface area contributed by atoms with Crippen LogP contribution in [0.3, 0.4) is 0 Å². The number of nitrogens with one attached hydrogen (secondary N) is 1. The highest BCUT2D eigenvalue weighted by atomic mass is 127. The molecule has 202 valence electrons. The lowest BCUT2D eigenvalue weighted by atomic mass is 10.1. The van der Waals surface area contributed by atoms with E-state index in [4.69, 9.17) is 0 Å². The number of benzene rings is 3. The summed E-state index contributed by atoms with van der Waals surface area (Å²) in [6.07, 6.45) is 0. The summed E-state index contributed by atoms with van der Waals surface area (Å²) in [5.74, 6) is -0.511. The quantitative estimate of drug-likeness (QED) is 0.298. The van der Waals surface area contributed by atoms with Crippen molar-refractivity contribution in [2.24, 2.45) is 5.92 Å². The molecule has 7 nitrogen and oxygen atoms in total. The predicted octanol–water partition coefficient (Wildman–Crippen LogP) is 4.98. The molecule has 3 aromatic rings. The second-order valence-electron chi connectivity index (χ2n) is 9.63. The Labute approximate surface area is 239 Å². The van der Waals surface area contributed by atoms with E-state index in [-0.39, 0.29) is 23.3 Å². The molecule has 0 aromatic heterocycles. The maximum absolute atomic E-state index is 13.9. The molecule has 0 aliphatic carbocycles. The number of amides is 2. The number of aryl methyl sites for hydroxylation is 1. The molecule has 1 atom stereocenters. The molecule has 0 aliphatic heterocycles. The van der Waals surface area contributed by atoms with E-state index in [1.165, 1.54) is 17.0 Å². The summed E-state index contributed by atoms with van der Waals surface area (Å²) in [6.45, 7) is 7.81. The first-order valence-corrected chi connectivity index (χ1v) is 15.0. The van der Waals surface area contributed by atoms with Crippen molar-refractivity contribution in [1.29, 1.82) is 0 Å². The van der Waals surface area contributed by atoms with Crippen molar-refractivity contribution in [1.82, 2.24) is 10.2 Å². The van der Waals surface area contributed by atoms with E-state index in [0.29, 0.717) is 12.2 Å². The fourth-order valence-electron chi connectivity index (χ4n) is 3.90. The van der Waals surface area contributed by atoms with Crippen LogP contribution in [0.1, 0.15) is 31.9 Å². The highest BCUT2D eigenvalue weighted by Gasteiger charge is 2.32. The van der Waals surface area contributed by atoms with Gasteiger partial charge in [0, 0.05) is 16.7 Å². The predicted molar refractivity (Wildman–Crippen MR) is 159 cm³/mol. The zero-order chi connectivity index (χ0) is 27.9. The highest BCUT2D eigenvalue weighted by Crippen LogP contribution is 2.25. The molecule has 3 rings (SSSR count). The van der Waals surface area contributed by atoms with E-state index in [1.54, 1.807) is 49.4 Å². The molecule has 2 amide bonds. The van der Waals surface area contributed by atoms with Crippen LogP contribution in [0.2, 0.25) is 0 Å². The van der Waals surface area contributed by atoms with Gasteiger partial charge in [0.25, 0.3) is 10.0 Å². The normalized spacial score (nSPS) is 12.2. The topological polar surface area (TPSA) is 86.8 Å². The highest BCUT2D eigenvalue weighted by molar-refractivity contribution is 14.1. The zero-order valence-electron chi connectivity index (χ0n) is 22.1. The van der Waals surface area contributed by atoms with Crippen LogP contribution in [-0.4, -0.2) is 44.3 Å². The van der Waals surface area contributed by atoms with Gasteiger partial charge in [0.15, 0.2) is 0 Å². The smallest absolute Gasteiger partial charge is 0.264 e. The molecule has 0 saturated carbocycles. The van der Waals surface area contributed by atoms with Gasteiger partial charge in [0.1, 0.15) is 12.6 Å². The van der Waals surface area contributed by atoms with Crippen LogP contribution < -0.4 is 9.62 Å². The largest absolute Gasteiger partial charge is 0.354 e. The molecule has 9 heteroatoms. The first kappa shape index (κ1) is 29.6. The van der Waals surface area contributed by atoms with Crippen molar-refractivity contribution in [2.45, 2.75) is 45.2 Å². The number of nitrogens with zero attached hydrogens (tertiary/aromatic N) is 2. The maximum atomic E-state index is 13.9. The molecule has 0 saturated heterocycles. The Kier molecular flexibility index (Phi) is 10.3. The molecule has 0 unspecified atom stereocenters. The van der Waals surface area contributed by atoms with E-state index in [1.807, 2.05) is 45.0 Å². The van der Waals surface area contributed by atoms with Crippen molar-refractivity contribution >= 4 is 50.1 Å². The van der Waals surface area contributed by atoms with Gasteiger partial charge in [0.05, 0.1) is 10.6 Å². The Morgan fingerprint density at radius 3 is 2.18 bits per heavy atom. The van der Waals surface area contributed by atoms with Crippen LogP contribution in [0.25, 0.3) is 0 Å². The fraction of sp³-hybridized carbons (Fsp3) is 0.310. The fourth-order valence-corrected chi connectivity index (χ4v) is 5.69. The first-order chi connectivity index (χ1) is 18.0. The molecule has 0 bridgehead atoms. The maximum Gasteiger partial charge on any atom is 0.264 e. The minimum absolute atomic E-state index is 0.0827. The number of carbonyl (C=O) groups is 2. The van der Waals surface area contributed by atoms with Crippen molar-refractivity contribution in [3.63, 3.8) is 0 Å². The van der Waals surface area contributed by atoms with E-state index in [9.17, 15) is 18.0 Å². The van der Waals surface area contributed by atoms with Crippen LogP contribution >= 0.6 is 22.6 Å². The third-order valence-corrected chi connectivity index (χ3v) is 8.52. The molecule has 3 aromatic carbocycles. The van der Waals surface area contributed by atoms with E-state index < -0.39 is 28.5 Å². The molecular formula is C29H34IN3O4S. The molecule has 38 heavy (non-hydrogen) atoms. The first-order valence-electron chi connectivity index (χ1n) is 12.4. The number of sulfonamides is 1. The zero-order valence-corrected chi connectivity index (χ0v) is 25.1. The SMILES string of the molecule is Cc1cccc(CN(C(=O)CN(c2ccc(I)cc2)S(=O)(=O)c2ccccc2)[C@H](C)C(=O)NCC(C)C)c1. The Morgan fingerprint density at radius 2 is 1.58 bits per heavy atom. The molecular weight excluding hydrogens is 613 g/mol. The second kappa shape index (κ2) is 13.2. The number of hydrogen-bond acceptors (Lipinski definition) is 4. The van der Waals surface area contributed by atoms with Crippen molar-refractivity contribution < 1.29 is 18.0 Å². The van der Waals surface area contributed by atoms with Gasteiger partial charge in [0.2, 0.25) is 11.8 Å². The van der Waals surface area contributed by atoms with Crippen molar-refractivity contribution in [3.05, 3.63) is 93.6 Å². The van der Waals surface area contributed by atoms with Crippen LogP contribution in [0.4, 0.5) is 5.69 Å². The van der Waals surface area contributed by atoms with Crippen molar-refractivity contribution in [3.8, 4) is 0 Å². The minimum Gasteiger partial charge on any atom is -0.354 e. The third kappa shape index (κ3) is 7.80. The second-order valence-corrected chi connectivity index (χ2v) is 12.7. The standard InChI is InChI=1S/C29H34IN3O4S/c1-21(2)18-31-29(35)23(4)32(19-24-10-8-9-22(3)17-24)28(34)20-33(26-15-13-25(30)14-16-26)38(36,37)27-11-6-5-7-12-27/h5-17,21,23H,18-20H2,1-4H3,(H,31,35)/t23-/m1/s1. The van der Waals surface area contributed by atoms with Gasteiger partial charge in [-0.1, -0.05) is 61.9 Å². The summed E-state index contributed by atoms with van der Waals surface area (Å²) in [7, 11) is -4.06. The van der Waals surface area contributed by atoms with Gasteiger partial charge >= 0.3 is 0 Å². The molecule has 0 spiro atoms. The van der Waals surface area contributed by atoms with Crippen LogP contribution in [-0.2, 0) is 26.2 Å². The average Bonchev–Trinajstić information content (AvgIpc) is 2.89. The Balaban J connectivity index is 1.99. The summed E-state index contributed by atoms with van der Waals surface area (Å²) in [6, 6.07) is 21.9. The van der Waals surface area contributed by atoms with Crippen LogP contribution in [0.5, 0.6) is 0 Å². The van der Waals surface area contributed by atoms with Gasteiger partial charge in [-0.2, -0.15) is 0 Å². The van der Waals surface area contributed by atoms with E-state index in [2.05, 4.69) is 27.9 Å². The molecule has 0 aliphatic rings. The summed E-state index contributed by atoms with van der Waals surface area (Å²) >= 11 is 2.14. The monoisotopic (exact) mass is 647 g/mol. The van der Waals surface area contributed by atoms with Gasteiger partial charge in [-0.05, 0) is 84.3 Å². The lowest BCUT2D eigenvalue weighted by Crippen LogP contribution is -2.51. The van der Waals surface area contributed by atoms with E-state index in [0.717, 1.165) is 19.0 Å². The Bertz CT molecular complexity index is 1350. The van der Waals surface area contributed by atoms with E-state index >= 15 is 0 Å². The number of halogens is 1. The molecule has 0 fully saturated rings. The summed E-state index contributed by atoms with van der Waals surface area (Å²) in [5.41, 5.74) is 2.25. The van der Waals surface area contributed by atoms with Gasteiger partial charge in [-0.3, -0.25) is 13.9 Å². The summed E-state index contributed by atoms with van der Waals surface area (Å²) in [4.78, 5) is 28.4. The molecule has 0 radical (unpaired) electrons. The van der Waals surface area contributed by atoms with Gasteiger partial charge < -0.3 is 10.2 Å². The summed E-state index contributed by atoms with van der Waals surface area (Å²) < 4.78 is 29.5. The van der Waals surface area contributed by atoms with Gasteiger partial charge in [-0.25, -0.2) is 8.42 Å². The number of anilines is 1. The Morgan fingerprint density at radius 1 is 0.921 bits per heavy atom. The minimum atomic E-state index is -4.06. The third-order valence-electron chi connectivity index (χ3n) is 6.01. The summed E-state index contributed by atoms with van der Waals surface area (Å²) in [5, 5.41) is 2.90. The number of carbonyl (C=O) groups excluding carboxylic acids is 2. The number of rotatable bonds is 11. The van der Waals surface area contributed by atoms with Crippen LogP contribution in [0, 0.1) is 16.4 Å². The average molecular weight is 648 g/mol. The van der Waals surface area contributed by atoms with Gasteiger partial charge in [-0.15, -0.1) is 0 Å². The lowest BCUT2D eigenvalue weighted by Gasteiger charge is -2.32. The lowest BCUT2D eigenvalue weighted by molar-refractivity contribution is -0.139. The molecule has 0 heterocycles. The number of hydrogen-bond donors (Lipinski definition) is 1.